The van der Waals surface area contributed by atoms with Gasteiger partial charge in [-0.05, 0) is 19.9 Å². The van der Waals surface area contributed by atoms with Gasteiger partial charge in [0.2, 0.25) is 5.91 Å². The molecule has 0 aliphatic heterocycles. The molecular formula is C13H24N2O4. The molecule has 1 amide bonds. The van der Waals surface area contributed by atoms with Gasteiger partial charge in [-0.1, -0.05) is 20.8 Å². The predicted molar refractivity (Wildman–Crippen MR) is 71.7 cm³/mol. The molecule has 2 atom stereocenters. The summed E-state index contributed by atoms with van der Waals surface area (Å²) in [7, 11) is 1.68. The lowest BCUT2D eigenvalue weighted by atomic mass is 10.0. The highest BCUT2D eigenvalue weighted by molar-refractivity contribution is 5.88. The van der Waals surface area contributed by atoms with Crippen LogP contribution in [0.4, 0.5) is 0 Å². The van der Waals surface area contributed by atoms with E-state index >= 15 is 0 Å². The molecule has 2 N–H and O–H groups in total. The van der Waals surface area contributed by atoms with Crippen LogP contribution in [0.1, 0.15) is 27.7 Å². The van der Waals surface area contributed by atoms with Crippen LogP contribution >= 0.6 is 0 Å². The van der Waals surface area contributed by atoms with Crippen LogP contribution in [0.15, 0.2) is 0 Å². The van der Waals surface area contributed by atoms with E-state index in [0.717, 1.165) is 0 Å². The van der Waals surface area contributed by atoms with E-state index in [9.17, 15) is 14.4 Å². The molecule has 19 heavy (non-hydrogen) atoms. The van der Waals surface area contributed by atoms with Crippen LogP contribution < -0.4 is 5.32 Å². The molecule has 0 fully saturated rings. The van der Waals surface area contributed by atoms with Crippen molar-refractivity contribution in [1.82, 2.24) is 10.2 Å². The Morgan fingerprint density at radius 3 is 2.11 bits per heavy atom. The minimum atomic E-state index is -0.893. The average Bonchev–Trinajstić information content (AvgIpc) is 2.24. The van der Waals surface area contributed by atoms with Crippen LogP contribution in [-0.4, -0.2) is 53.8 Å². The van der Waals surface area contributed by atoms with Gasteiger partial charge in [0.05, 0.1) is 18.5 Å². The maximum Gasteiger partial charge on any atom is 0.307 e. The van der Waals surface area contributed by atoms with Crippen molar-refractivity contribution in [3.8, 4) is 0 Å². The molecule has 2 unspecified atom stereocenters. The number of carbonyl (C=O) groups excluding carboxylic acids is 2. The topological polar surface area (TPSA) is 86.7 Å². The van der Waals surface area contributed by atoms with Crippen LogP contribution in [0, 0.1) is 11.8 Å². The number of nitrogens with zero attached hydrogens (tertiary/aromatic N) is 1. The Morgan fingerprint density at radius 2 is 1.74 bits per heavy atom. The lowest BCUT2D eigenvalue weighted by Gasteiger charge is -2.23. The standard InChI is InChI=1S/C13H24N2O4/c1-8(2)12(10(4)16)14-11(17)7-15(5)6-9(3)13(18)19/h8-9,12H,6-7H2,1-5H3,(H,14,17)(H,18,19). The minimum absolute atomic E-state index is 0.0321. The Kier molecular flexibility index (Phi) is 7.29. The fourth-order valence-corrected chi connectivity index (χ4v) is 1.81. The number of nitrogens with one attached hydrogen (secondary N) is 1. The molecule has 0 heterocycles. The molecule has 0 rings (SSSR count). The first-order chi connectivity index (χ1) is 8.65. The molecular weight excluding hydrogens is 248 g/mol. The second kappa shape index (κ2) is 7.89. The molecule has 0 radical (unpaired) electrons. The Hall–Kier alpha value is -1.43. The first kappa shape index (κ1) is 17.6. The second-order valence-corrected chi connectivity index (χ2v) is 5.34. The van der Waals surface area contributed by atoms with Crippen LogP contribution in [0.25, 0.3) is 0 Å². The Labute approximate surface area is 114 Å². The van der Waals surface area contributed by atoms with Crippen molar-refractivity contribution in [2.45, 2.75) is 33.7 Å². The van der Waals surface area contributed by atoms with Gasteiger partial charge in [0.25, 0.3) is 0 Å². The van der Waals surface area contributed by atoms with Crippen LogP contribution in [0.3, 0.4) is 0 Å². The van der Waals surface area contributed by atoms with Gasteiger partial charge in [0, 0.05) is 6.54 Å². The zero-order valence-electron chi connectivity index (χ0n) is 12.3. The molecule has 0 spiro atoms. The summed E-state index contributed by atoms with van der Waals surface area (Å²) in [5.41, 5.74) is 0. The van der Waals surface area contributed by atoms with Gasteiger partial charge in [-0.15, -0.1) is 0 Å². The number of carboxylic acid groups (broad SMARTS) is 1. The third-order valence-electron chi connectivity index (χ3n) is 2.84. The maximum absolute atomic E-state index is 11.8. The normalized spacial score (nSPS) is 14.3. The SMILES string of the molecule is CC(=O)C(NC(=O)CN(C)CC(C)C(=O)O)C(C)C. The first-order valence-electron chi connectivity index (χ1n) is 6.36. The molecule has 0 aliphatic carbocycles. The smallest absolute Gasteiger partial charge is 0.307 e. The highest BCUT2D eigenvalue weighted by atomic mass is 16.4. The zero-order valence-corrected chi connectivity index (χ0v) is 12.3. The molecule has 0 aromatic heterocycles. The number of rotatable bonds is 8. The summed E-state index contributed by atoms with van der Waals surface area (Å²) in [6.45, 7) is 7.12. The van der Waals surface area contributed by atoms with E-state index in [4.69, 9.17) is 5.11 Å². The molecule has 6 nitrogen and oxygen atoms in total. The fraction of sp³-hybridized carbons (Fsp3) is 0.769. The van der Waals surface area contributed by atoms with Crippen molar-refractivity contribution in [3.05, 3.63) is 0 Å². The number of hydrogen-bond donors (Lipinski definition) is 2. The van der Waals surface area contributed by atoms with Crippen molar-refractivity contribution >= 4 is 17.7 Å². The van der Waals surface area contributed by atoms with E-state index in [2.05, 4.69) is 5.32 Å². The summed E-state index contributed by atoms with van der Waals surface area (Å²) in [6.07, 6.45) is 0. The van der Waals surface area contributed by atoms with E-state index in [1.165, 1.54) is 6.92 Å². The van der Waals surface area contributed by atoms with Gasteiger partial charge in [0.1, 0.15) is 0 Å². The van der Waals surface area contributed by atoms with Crippen LogP contribution in [0.2, 0.25) is 0 Å². The summed E-state index contributed by atoms with van der Waals surface area (Å²) >= 11 is 0. The third-order valence-corrected chi connectivity index (χ3v) is 2.84. The lowest BCUT2D eigenvalue weighted by Crippen LogP contribution is -2.47. The van der Waals surface area contributed by atoms with Crippen molar-refractivity contribution in [2.75, 3.05) is 20.1 Å². The highest BCUT2D eigenvalue weighted by Crippen LogP contribution is 2.03. The number of aliphatic carboxylic acids is 1. The number of ketones is 1. The minimum Gasteiger partial charge on any atom is -0.481 e. The molecule has 0 bridgehead atoms. The van der Waals surface area contributed by atoms with Gasteiger partial charge in [-0.3, -0.25) is 19.3 Å². The Morgan fingerprint density at radius 1 is 1.21 bits per heavy atom. The number of Topliss-reactive ketones (excluding diaryl/α,β-unsaturated/α-hetero) is 1. The monoisotopic (exact) mass is 272 g/mol. The van der Waals surface area contributed by atoms with Gasteiger partial charge in [0.15, 0.2) is 5.78 Å². The summed E-state index contributed by atoms with van der Waals surface area (Å²) in [5.74, 6) is -1.74. The summed E-state index contributed by atoms with van der Waals surface area (Å²) in [4.78, 5) is 35.5. The molecule has 110 valence electrons. The molecule has 0 aromatic rings. The quantitative estimate of drug-likeness (QED) is 0.666. The van der Waals surface area contributed by atoms with Crippen molar-refractivity contribution in [3.63, 3.8) is 0 Å². The molecule has 0 saturated carbocycles. The summed E-state index contributed by atoms with van der Waals surface area (Å²) in [6, 6.07) is -0.488. The van der Waals surface area contributed by atoms with Gasteiger partial charge in [-0.25, -0.2) is 0 Å². The highest BCUT2D eigenvalue weighted by Gasteiger charge is 2.22. The summed E-state index contributed by atoms with van der Waals surface area (Å²) in [5, 5.41) is 11.5. The van der Waals surface area contributed by atoms with E-state index in [1.807, 2.05) is 13.8 Å². The molecule has 0 aromatic carbocycles. The first-order valence-corrected chi connectivity index (χ1v) is 6.36. The molecule has 6 heteroatoms. The van der Waals surface area contributed by atoms with E-state index in [-0.39, 0.29) is 30.7 Å². The lowest BCUT2D eigenvalue weighted by molar-refractivity contribution is -0.142. The molecule has 0 saturated heterocycles. The number of carbonyl (C=O) groups is 3. The van der Waals surface area contributed by atoms with E-state index in [1.54, 1.807) is 18.9 Å². The van der Waals surface area contributed by atoms with Gasteiger partial charge in [-0.2, -0.15) is 0 Å². The van der Waals surface area contributed by atoms with Crippen LogP contribution in [-0.2, 0) is 14.4 Å². The number of likely N-dealkylation sites (N-methyl/N-ethyl adjacent to an activating group) is 1. The molecule has 0 aliphatic rings. The fourth-order valence-electron chi connectivity index (χ4n) is 1.81. The van der Waals surface area contributed by atoms with Gasteiger partial charge >= 0.3 is 5.97 Å². The average molecular weight is 272 g/mol. The van der Waals surface area contributed by atoms with E-state index in [0.29, 0.717) is 0 Å². The van der Waals surface area contributed by atoms with Crippen molar-refractivity contribution < 1.29 is 19.5 Å². The largest absolute Gasteiger partial charge is 0.481 e. The number of amides is 1. The van der Waals surface area contributed by atoms with Crippen LogP contribution in [0.5, 0.6) is 0 Å². The Bertz CT molecular complexity index is 342. The zero-order chi connectivity index (χ0) is 15.2. The van der Waals surface area contributed by atoms with Crippen molar-refractivity contribution in [1.29, 1.82) is 0 Å². The number of hydrogen-bond acceptors (Lipinski definition) is 4. The Balaban J connectivity index is 4.30. The van der Waals surface area contributed by atoms with Crippen molar-refractivity contribution in [2.24, 2.45) is 11.8 Å². The number of carboxylic acids is 1. The van der Waals surface area contributed by atoms with Gasteiger partial charge < -0.3 is 10.4 Å². The maximum atomic E-state index is 11.8. The predicted octanol–water partition coefficient (Wildman–Crippen LogP) is 0.369. The van der Waals surface area contributed by atoms with E-state index < -0.39 is 17.9 Å². The third kappa shape index (κ3) is 6.91. The summed E-state index contributed by atoms with van der Waals surface area (Å²) < 4.78 is 0. The second-order valence-electron chi connectivity index (χ2n) is 5.34.